The number of aryl methyl sites for hydroxylation is 2. The molecule has 2 amide bonds. The number of nitrogens with one attached hydrogen (secondary N) is 1. The van der Waals surface area contributed by atoms with Gasteiger partial charge in [0.2, 0.25) is 0 Å². The maximum Gasteiger partial charge on any atom is 0.266 e. The van der Waals surface area contributed by atoms with Crippen LogP contribution in [0.1, 0.15) is 70.3 Å². The molecule has 12 heteroatoms. The first kappa shape index (κ1) is 31.2. The number of piperidine rings is 2. The smallest absolute Gasteiger partial charge is 0.266 e. The lowest BCUT2D eigenvalue weighted by molar-refractivity contribution is -0.124. The van der Waals surface area contributed by atoms with E-state index in [0.29, 0.717) is 44.6 Å². The predicted molar refractivity (Wildman–Crippen MR) is 158 cm³/mol. The maximum absolute atomic E-state index is 14.1. The number of hydrogen-bond acceptors (Lipinski definition) is 6. The first-order valence-electron chi connectivity index (χ1n) is 14.2. The van der Waals surface area contributed by atoms with Gasteiger partial charge >= 0.3 is 0 Å². The van der Waals surface area contributed by atoms with Crippen LogP contribution in [0.2, 0.25) is 0 Å². The second-order valence-electron chi connectivity index (χ2n) is 11.5. The number of amides is 2. The summed E-state index contributed by atoms with van der Waals surface area (Å²) in [5, 5.41) is 14.8. The number of rotatable bonds is 7. The molecular formula is C31H34F4N4O3S. The van der Waals surface area contributed by atoms with Crippen LogP contribution in [0.4, 0.5) is 17.6 Å². The Morgan fingerprint density at radius 1 is 1.09 bits per heavy atom. The van der Waals surface area contributed by atoms with E-state index in [-0.39, 0.29) is 36.1 Å². The zero-order valence-corrected chi connectivity index (χ0v) is 24.8. The lowest BCUT2D eigenvalue weighted by Crippen LogP contribution is -2.47. The highest BCUT2D eigenvalue weighted by atomic mass is 32.2. The minimum atomic E-state index is -2.92. The normalized spacial score (nSPS) is 20.2. The molecule has 3 aliphatic heterocycles. The number of benzene rings is 2. The zero-order chi connectivity index (χ0) is 30.9. The Labute approximate surface area is 252 Å². The molecule has 7 nitrogen and oxygen atoms in total. The van der Waals surface area contributed by atoms with Crippen molar-refractivity contribution in [1.29, 1.82) is 0 Å². The van der Waals surface area contributed by atoms with Crippen LogP contribution in [-0.2, 0) is 4.79 Å². The fourth-order valence-corrected chi connectivity index (χ4v) is 6.56. The van der Waals surface area contributed by atoms with Crippen molar-refractivity contribution in [1.82, 2.24) is 14.5 Å². The molecule has 43 heavy (non-hydrogen) atoms. The molecule has 0 bridgehead atoms. The number of aliphatic hydroxyl groups is 1. The second-order valence-corrected chi connectivity index (χ2v) is 12.5. The highest BCUT2D eigenvalue weighted by molar-refractivity contribution is 8.00. The van der Waals surface area contributed by atoms with Crippen LogP contribution >= 0.6 is 11.9 Å². The lowest BCUT2D eigenvalue weighted by Gasteiger charge is -2.36. The summed E-state index contributed by atoms with van der Waals surface area (Å²) in [4.78, 5) is 32.2. The molecule has 0 aromatic heterocycles. The van der Waals surface area contributed by atoms with E-state index in [1.54, 1.807) is 4.90 Å². The fourth-order valence-electron chi connectivity index (χ4n) is 5.79. The Balaban J connectivity index is 1.18. The molecule has 2 fully saturated rings. The summed E-state index contributed by atoms with van der Waals surface area (Å²) < 4.78 is 55.1. The Morgan fingerprint density at radius 2 is 1.74 bits per heavy atom. The number of carbonyl (C=O) groups is 2. The van der Waals surface area contributed by atoms with Gasteiger partial charge < -0.3 is 15.3 Å². The van der Waals surface area contributed by atoms with Gasteiger partial charge in [-0.1, -0.05) is 18.0 Å². The van der Waals surface area contributed by atoms with Crippen molar-refractivity contribution in [2.45, 2.75) is 57.1 Å². The number of alkyl halides is 3. The molecule has 5 rings (SSSR count). The zero-order valence-electron chi connectivity index (χ0n) is 24.0. The summed E-state index contributed by atoms with van der Waals surface area (Å²) in [5.74, 6) is -1.24. The second kappa shape index (κ2) is 12.4. The highest BCUT2D eigenvalue weighted by Gasteiger charge is 2.46. The van der Waals surface area contributed by atoms with Crippen molar-refractivity contribution in [3.05, 3.63) is 74.9 Å². The molecule has 1 spiro atoms. The maximum atomic E-state index is 14.1. The molecule has 2 aromatic carbocycles. The van der Waals surface area contributed by atoms with E-state index < -0.39 is 35.6 Å². The van der Waals surface area contributed by atoms with Crippen LogP contribution in [0.3, 0.4) is 0 Å². The Morgan fingerprint density at radius 3 is 2.33 bits per heavy atom. The van der Waals surface area contributed by atoms with Crippen molar-refractivity contribution in [2.75, 3.05) is 32.9 Å². The van der Waals surface area contributed by atoms with Crippen molar-refractivity contribution < 1.29 is 32.3 Å². The minimum Gasteiger partial charge on any atom is -0.387 e. The quantitative estimate of drug-likeness (QED) is 0.323. The highest BCUT2D eigenvalue weighted by Crippen LogP contribution is 2.34. The van der Waals surface area contributed by atoms with Crippen molar-refractivity contribution in [3.8, 4) is 0 Å². The molecule has 2 aromatic rings. The Bertz CT molecular complexity index is 1440. The summed E-state index contributed by atoms with van der Waals surface area (Å²) in [7, 11) is 0. The molecule has 2 N–H and O–H groups in total. The van der Waals surface area contributed by atoms with Crippen LogP contribution in [0, 0.1) is 19.7 Å². The predicted octanol–water partition coefficient (Wildman–Crippen LogP) is 5.35. The molecule has 0 saturated carbocycles. The lowest BCUT2D eigenvalue weighted by atomic mass is 9.89. The SMILES string of the molecule is Cc1cc(C(=O)N2CCC(O)(CF)CC2)cc(C)c1/C=C/SN1CCC2(CC1)N=C(c1ccc(C(F)F)c(F)c1)NC2=O. The van der Waals surface area contributed by atoms with E-state index in [1.165, 1.54) is 18.0 Å². The molecule has 0 radical (unpaired) electrons. The van der Waals surface area contributed by atoms with E-state index >= 15 is 0 Å². The standard InChI is InChI=1S/C31H34F4N4O3S/c1-19-15-22(28(40)38-10-6-30(42,18-32)7-11-38)16-20(2)23(19)5-14-43-39-12-8-31(9-13-39)29(41)36-27(37-31)21-3-4-24(26(34)35)25(33)17-21/h3-5,14-17,26,42H,6-13,18H2,1-2H3,(H,36,37,41)/b14-5+. The van der Waals surface area contributed by atoms with Crippen molar-refractivity contribution >= 4 is 35.7 Å². The number of carbonyl (C=O) groups excluding carboxylic acids is 2. The summed E-state index contributed by atoms with van der Waals surface area (Å²) in [6.45, 7) is 4.87. The first-order valence-corrected chi connectivity index (χ1v) is 15.0. The van der Waals surface area contributed by atoms with Crippen LogP contribution < -0.4 is 5.32 Å². The van der Waals surface area contributed by atoms with Gasteiger partial charge in [0.1, 0.15) is 23.9 Å². The number of likely N-dealkylation sites (tertiary alicyclic amines) is 1. The molecule has 3 aliphatic rings. The minimum absolute atomic E-state index is 0.128. The molecule has 0 atom stereocenters. The molecule has 3 heterocycles. The molecule has 0 aliphatic carbocycles. The van der Waals surface area contributed by atoms with Gasteiger partial charge in [0.25, 0.3) is 18.2 Å². The van der Waals surface area contributed by atoms with E-state index in [9.17, 15) is 32.3 Å². The number of amidine groups is 1. The number of nitrogens with zero attached hydrogens (tertiary/aromatic N) is 3. The number of halogens is 4. The first-order chi connectivity index (χ1) is 20.4. The molecular weight excluding hydrogens is 584 g/mol. The largest absolute Gasteiger partial charge is 0.387 e. The topological polar surface area (TPSA) is 85.2 Å². The van der Waals surface area contributed by atoms with E-state index in [1.807, 2.05) is 37.5 Å². The van der Waals surface area contributed by atoms with Gasteiger partial charge in [-0.05, 0) is 92.0 Å². The van der Waals surface area contributed by atoms with Gasteiger partial charge in [-0.3, -0.25) is 14.6 Å². The van der Waals surface area contributed by atoms with Gasteiger partial charge in [0.05, 0.1) is 11.2 Å². The van der Waals surface area contributed by atoms with Gasteiger partial charge in [0, 0.05) is 37.3 Å². The monoisotopic (exact) mass is 618 g/mol. The average Bonchev–Trinajstić information content (AvgIpc) is 3.30. The van der Waals surface area contributed by atoms with E-state index in [0.717, 1.165) is 28.8 Å². The fraction of sp³-hybridized carbons (Fsp3) is 0.452. The summed E-state index contributed by atoms with van der Waals surface area (Å²) in [5.41, 5.74) is 0.705. The summed E-state index contributed by atoms with van der Waals surface area (Å²) >= 11 is 1.51. The molecule has 0 unspecified atom stereocenters. The Kier molecular flexibility index (Phi) is 9.01. The number of aliphatic imine (C=N–C) groups is 1. The van der Waals surface area contributed by atoms with Crippen molar-refractivity contribution in [3.63, 3.8) is 0 Å². The van der Waals surface area contributed by atoms with Crippen molar-refractivity contribution in [2.24, 2.45) is 4.99 Å². The van der Waals surface area contributed by atoms with Gasteiger partial charge in [-0.25, -0.2) is 21.9 Å². The van der Waals surface area contributed by atoms with Gasteiger partial charge in [-0.2, -0.15) is 0 Å². The van der Waals surface area contributed by atoms with E-state index in [4.69, 9.17) is 0 Å². The molecule has 230 valence electrons. The van der Waals surface area contributed by atoms with Gasteiger partial charge in [-0.15, -0.1) is 0 Å². The van der Waals surface area contributed by atoms with Crippen LogP contribution in [0.15, 0.2) is 40.7 Å². The number of hydrogen-bond donors (Lipinski definition) is 2. The third-order valence-electron chi connectivity index (χ3n) is 8.55. The van der Waals surface area contributed by atoms with E-state index in [2.05, 4.69) is 14.6 Å². The van der Waals surface area contributed by atoms with Crippen LogP contribution in [0.25, 0.3) is 6.08 Å². The van der Waals surface area contributed by atoms with Gasteiger partial charge in [0.15, 0.2) is 0 Å². The molecule has 2 saturated heterocycles. The van der Waals surface area contributed by atoms with Crippen LogP contribution in [0.5, 0.6) is 0 Å². The average molecular weight is 619 g/mol. The van der Waals surface area contributed by atoms with Crippen LogP contribution in [-0.4, -0.2) is 76.0 Å². The Hall–Kier alpha value is -3.22. The third kappa shape index (κ3) is 6.51. The summed E-state index contributed by atoms with van der Waals surface area (Å²) in [6.07, 6.45) is 0.416. The third-order valence-corrected chi connectivity index (χ3v) is 9.48. The summed E-state index contributed by atoms with van der Waals surface area (Å²) in [6, 6.07) is 7.03.